The fourth-order valence-electron chi connectivity index (χ4n) is 1.27. The highest BCUT2D eigenvalue weighted by atomic mass is 79.9. The van der Waals surface area contributed by atoms with Crippen LogP contribution < -0.4 is 0 Å². The fourth-order valence-corrected chi connectivity index (χ4v) is 4.06. The molecule has 1 heterocycles. The van der Waals surface area contributed by atoms with Crippen molar-refractivity contribution in [3.63, 3.8) is 0 Å². The summed E-state index contributed by atoms with van der Waals surface area (Å²) in [5, 5.41) is 2.02. The Morgan fingerprint density at radius 1 is 1.13 bits per heavy atom. The fraction of sp³-hybridized carbons (Fsp3) is 0.0909. The highest BCUT2D eigenvalue weighted by Crippen LogP contribution is 2.38. The van der Waals surface area contributed by atoms with Gasteiger partial charge in [0, 0.05) is 9.35 Å². The minimum absolute atomic E-state index is 0.118. The first-order chi connectivity index (χ1) is 7.18. The third-order valence-corrected chi connectivity index (χ3v) is 5.26. The van der Waals surface area contributed by atoms with Crippen LogP contribution in [0.4, 0.5) is 4.39 Å². The molecule has 0 radical (unpaired) electrons. The lowest BCUT2D eigenvalue weighted by atomic mass is 10.1. The first kappa shape index (κ1) is 11.3. The van der Waals surface area contributed by atoms with E-state index in [0.717, 1.165) is 10.0 Å². The molecule has 1 atom stereocenters. The Hall–Kier alpha value is -0.190. The van der Waals surface area contributed by atoms with Crippen LogP contribution in [0.3, 0.4) is 0 Å². The van der Waals surface area contributed by atoms with Gasteiger partial charge in [0.15, 0.2) is 0 Å². The van der Waals surface area contributed by atoms with E-state index in [4.69, 9.17) is 0 Å². The second-order valence-electron chi connectivity index (χ2n) is 3.05. The first-order valence-electron chi connectivity index (χ1n) is 4.31. The van der Waals surface area contributed by atoms with Gasteiger partial charge in [-0.3, -0.25) is 0 Å². The highest BCUT2D eigenvalue weighted by molar-refractivity contribution is 9.11. The van der Waals surface area contributed by atoms with E-state index in [9.17, 15) is 4.39 Å². The van der Waals surface area contributed by atoms with E-state index in [0.29, 0.717) is 0 Å². The van der Waals surface area contributed by atoms with Crippen molar-refractivity contribution >= 4 is 43.2 Å². The molecule has 0 fully saturated rings. The topological polar surface area (TPSA) is 0 Å². The van der Waals surface area contributed by atoms with Crippen LogP contribution in [-0.4, -0.2) is 0 Å². The molecule has 0 bridgehead atoms. The molecule has 2 rings (SSSR count). The maximum atomic E-state index is 12.7. The summed E-state index contributed by atoms with van der Waals surface area (Å²) in [4.78, 5) is 1.31. The molecule has 0 amide bonds. The Labute approximate surface area is 108 Å². The number of hydrogen-bond donors (Lipinski definition) is 0. The van der Waals surface area contributed by atoms with E-state index >= 15 is 0 Å². The second-order valence-corrected chi connectivity index (χ2v) is 5.76. The van der Waals surface area contributed by atoms with E-state index in [1.165, 1.54) is 17.0 Å². The maximum Gasteiger partial charge on any atom is 0.123 e. The van der Waals surface area contributed by atoms with Crippen molar-refractivity contribution in [2.75, 3.05) is 0 Å². The van der Waals surface area contributed by atoms with Gasteiger partial charge in [0.25, 0.3) is 0 Å². The molecular weight excluding hydrogens is 343 g/mol. The normalized spacial score (nSPS) is 12.7. The lowest BCUT2D eigenvalue weighted by Gasteiger charge is -2.08. The molecule has 0 nitrogen and oxygen atoms in total. The van der Waals surface area contributed by atoms with Gasteiger partial charge in [-0.1, -0.05) is 28.1 Å². The van der Waals surface area contributed by atoms with Crippen LogP contribution in [0.5, 0.6) is 0 Å². The molecule has 0 spiro atoms. The van der Waals surface area contributed by atoms with Gasteiger partial charge >= 0.3 is 0 Å². The van der Waals surface area contributed by atoms with Crippen molar-refractivity contribution in [3.05, 3.63) is 56.4 Å². The van der Waals surface area contributed by atoms with Crippen LogP contribution in [-0.2, 0) is 0 Å². The van der Waals surface area contributed by atoms with Crippen LogP contribution in [0.25, 0.3) is 0 Å². The van der Waals surface area contributed by atoms with E-state index in [1.54, 1.807) is 23.5 Å². The Kier molecular flexibility index (Phi) is 3.59. The van der Waals surface area contributed by atoms with Gasteiger partial charge in [-0.05, 0) is 45.1 Å². The maximum absolute atomic E-state index is 12.7. The Bertz CT molecular complexity index is 450. The summed E-state index contributed by atoms with van der Waals surface area (Å²) in [7, 11) is 0. The molecule has 4 heteroatoms. The van der Waals surface area contributed by atoms with Crippen molar-refractivity contribution < 1.29 is 4.39 Å². The van der Waals surface area contributed by atoms with Crippen molar-refractivity contribution in [2.24, 2.45) is 0 Å². The molecule has 0 saturated heterocycles. The molecule has 15 heavy (non-hydrogen) atoms. The summed E-state index contributed by atoms with van der Waals surface area (Å²) < 4.78 is 13.8. The zero-order valence-corrected chi connectivity index (χ0v) is 11.6. The van der Waals surface area contributed by atoms with Gasteiger partial charge in [-0.25, -0.2) is 4.39 Å². The third kappa shape index (κ3) is 2.49. The van der Waals surface area contributed by atoms with Gasteiger partial charge in [0.1, 0.15) is 5.82 Å². The summed E-state index contributed by atoms with van der Waals surface area (Å²) in [5.74, 6) is -0.205. The third-order valence-electron chi connectivity index (χ3n) is 2.04. The Morgan fingerprint density at radius 2 is 1.80 bits per heavy atom. The first-order valence-corrected chi connectivity index (χ1v) is 6.90. The van der Waals surface area contributed by atoms with Crippen molar-refractivity contribution in [1.82, 2.24) is 0 Å². The van der Waals surface area contributed by atoms with Crippen LogP contribution in [0, 0.1) is 5.82 Å². The quantitative estimate of drug-likeness (QED) is 0.659. The van der Waals surface area contributed by atoms with Gasteiger partial charge in [0.2, 0.25) is 0 Å². The van der Waals surface area contributed by atoms with Crippen LogP contribution in [0.1, 0.15) is 15.3 Å². The van der Waals surface area contributed by atoms with Gasteiger partial charge < -0.3 is 0 Å². The van der Waals surface area contributed by atoms with E-state index < -0.39 is 0 Å². The summed E-state index contributed by atoms with van der Waals surface area (Å²) in [6.07, 6.45) is 0. The minimum Gasteiger partial charge on any atom is -0.207 e. The van der Waals surface area contributed by atoms with Gasteiger partial charge in [-0.15, -0.1) is 11.3 Å². The summed E-state index contributed by atoms with van der Waals surface area (Å²) in [6.45, 7) is 0. The smallest absolute Gasteiger partial charge is 0.123 e. The number of benzene rings is 1. The number of halogens is 3. The van der Waals surface area contributed by atoms with Crippen LogP contribution in [0.15, 0.2) is 40.2 Å². The monoisotopic (exact) mass is 348 g/mol. The average molecular weight is 350 g/mol. The number of rotatable bonds is 2. The summed E-state index contributed by atoms with van der Waals surface area (Å²) in [6, 6.07) is 8.55. The van der Waals surface area contributed by atoms with E-state index in [-0.39, 0.29) is 10.6 Å². The largest absolute Gasteiger partial charge is 0.207 e. The number of hydrogen-bond acceptors (Lipinski definition) is 1. The zero-order chi connectivity index (χ0) is 10.8. The molecule has 0 saturated carbocycles. The molecule has 2 aromatic rings. The molecule has 1 aromatic heterocycles. The Balaban J connectivity index is 2.32. The molecule has 0 N–H and O–H groups in total. The van der Waals surface area contributed by atoms with Gasteiger partial charge in [-0.2, -0.15) is 0 Å². The van der Waals surface area contributed by atoms with Crippen molar-refractivity contribution in [2.45, 2.75) is 4.83 Å². The lowest BCUT2D eigenvalue weighted by Crippen LogP contribution is -1.90. The van der Waals surface area contributed by atoms with Gasteiger partial charge in [0.05, 0.1) is 4.83 Å². The van der Waals surface area contributed by atoms with E-state index in [1.807, 2.05) is 11.4 Å². The molecule has 1 unspecified atom stereocenters. The molecule has 1 aromatic carbocycles. The van der Waals surface area contributed by atoms with Crippen LogP contribution in [0.2, 0.25) is 0 Å². The van der Waals surface area contributed by atoms with Crippen molar-refractivity contribution in [3.8, 4) is 0 Å². The Morgan fingerprint density at radius 3 is 2.33 bits per heavy atom. The molecule has 0 aliphatic carbocycles. The SMILES string of the molecule is Fc1ccc(C(Br)c2sccc2Br)cc1. The minimum atomic E-state index is -0.205. The highest BCUT2D eigenvalue weighted by Gasteiger charge is 2.14. The zero-order valence-electron chi connectivity index (χ0n) is 7.58. The van der Waals surface area contributed by atoms with E-state index in [2.05, 4.69) is 31.9 Å². The predicted octanol–water partition coefficient (Wildman–Crippen LogP) is 5.13. The average Bonchev–Trinajstić information content (AvgIpc) is 2.65. The van der Waals surface area contributed by atoms with Crippen LogP contribution >= 0.6 is 43.2 Å². The second kappa shape index (κ2) is 4.76. The molecular formula is C11H7Br2FS. The standard InChI is InChI=1S/C11H7Br2FS/c12-9-5-6-15-11(9)10(13)7-1-3-8(14)4-2-7/h1-6,10H. The summed E-state index contributed by atoms with van der Waals surface area (Å²) >= 11 is 8.76. The predicted molar refractivity (Wildman–Crippen MR) is 69.2 cm³/mol. The number of alkyl halides is 1. The number of thiophene rings is 1. The summed E-state index contributed by atoms with van der Waals surface area (Å²) in [5.41, 5.74) is 1.06. The molecule has 78 valence electrons. The van der Waals surface area contributed by atoms with Crippen molar-refractivity contribution in [1.29, 1.82) is 0 Å². The lowest BCUT2D eigenvalue weighted by molar-refractivity contribution is 0.627. The molecule has 0 aliphatic rings. The molecule has 0 aliphatic heterocycles.